The number of ether oxygens (including phenoxy) is 4. The molecule has 0 aliphatic carbocycles. The van der Waals surface area contributed by atoms with Gasteiger partial charge in [-0.1, -0.05) is 72.8 Å². The number of carbonyl (C=O) groups excluding carboxylic acids is 4. The van der Waals surface area contributed by atoms with Gasteiger partial charge in [0.25, 0.3) is 0 Å². The Morgan fingerprint density at radius 2 is 0.575 bits per heavy atom. The van der Waals surface area contributed by atoms with Crippen LogP contribution in [-0.2, 0) is 86.2 Å². The summed E-state index contributed by atoms with van der Waals surface area (Å²) in [5.41, 5.74) is 9.01. The minimum Gasteiger partial charge on any atom is -0.550 e. The number of hydrogen-bond donors (Lipinski definition) is 4. The van der Waals surface area contributed by atoms with Crippen LogP contribution in [0.2, 0.25) is 0 Å². The quantitative estimate of drug-likeness (QED) is 0.158. The van der Waals surface area contributed by atoms with Gasteiger partial charge in [-0.15, -0.1) is 0 Å². The smallest absolute Gasteiger partial charge is 0.550 e. The van der Waals surface area contributed by atoms with E-state index in [1.807, 2.05) is 72.8 Å². The fraction of sp³-hybridized carbons (Fsp3) is 0.357. The molecule has 4 aromatic carbocycles. The van der Waals surface area contributed by atoms with E-state index in [1.54, 1.807) is 27.7 Å². The van der Waals surface area contributed by atoms with Gasteiger partial charge in [-0.3, -0.25) is 0 Å². The molecule has 8 heterocycles. The summed E-state index contributed by atoms with van der Waals surface area (Å²) in [5.74, 6) is -4.37. The predicted octanol–water partition coefficient (Wildman–Crippen LogP) is 4.00. The number of fused-ring (bicyclic) bond motifs is 12. The summed E-state index contributed by atoms with van der Waals surface area (Å²) in [7, 11) is 0. The van der Waals surface area contributed by atoms with Gasteiger partial charge in [0, 0.05) is 93.2 Å². The Labute approximate surface area is 437 Å². The molecule has 4 aliphatic heterocycles. The van der Waals surface area contributed by atoms with Crippen LogP contribution in [0.4, 0.5) is 0 Å². The standard InChI is InChI=1S/4C14H15NO3.Sn/c4*1-14(8-12(16)17)13-10(6-7-18-14)9-4-2-3-5-11(9)15-13;/h4*2-5,15H,6-8H2,1H3,(H,16,17);/q;;;;+4/p-4. The van der Waals surface area contributed by atoms with E-state index in [4.69, 9.17) is 18.9 Å². The maximum absolute atomic E-state index is 10.9. The second-order valence-electron chi connectivity index (χ2n) is 19.6. The Kier molecular flexibility index (Phi) is 15.3. The van der Waals surface area contributed by atoms with Gasteiger partial charge in [0.2, 0.25) is 0 Å². The number of H-pyrrole nitrogens is 4. The minimum absolute atomic E-state index is 0. The molecule has 16 nitrogen and oxygen atoms in total. The van der Waals surface area contributed by atoms with Crippen molar-refractivity contribution < 1.29 is 58.6 Å². The van der Waals surface area contributed by atoms with Crippen LogP contribution in [0.25, 0.3) is 43.6 Å². The molecule has 0 saturated heterocycles. The van der Waals surface area contributed by atoms with Gasteiger partial charge >= 0.3 is 23.9 Å². The molecule has 0 amide bonds. The largest absolute Gasteiger partial charge is 4.00 e. The van der Waals surface area contributed by atoms with E-state index >= 15 is 0 Å². The van der Waals surface area contributed by atoms with E-state index in [0.29, 0.717) is 26.4 Å². The van der Waals surface area contributed by atoms with E-state index in [-0.39, 0.29) is 49.6 Å². The second kappa shape index (κ2) is 21.2. The summed E-state index contributed by atoms with van der Waals surface area (Å²) in [6, 6.07) is 32.0. The summed E-state index contributed by atoms with van der Waals surface area (Å²) in [6.07, 6.45) is 2.70. The van der Waals surface area contributed by atoms with Crippen LogP contribution < -0.4 is 20.4 Å². The van der Waals surface area contributed by atoms with Gasteiger partial charge in [-0.2, -0.15) is 0 Å². The van der Waals surface area contributed by atoms with Gasteiger partial charge < -0.3 is 78.5 Å². The number of aliphatic carboxylic acids is 4. The maximum atomic E-state index is 10.9. The first-order valence-corrected chi connectivity index (χ1v) is 24.2. The van der Waals surface area contributed by atoms with Crippen molar-refractivity contribution in [3.8, 4) is 0 Å². The molecule has 8 aromatic rings. The zero-order valence-electron chi connectivity index (χ0n) is 41.1. The van der Waals surface area contributed by atoms with Crippen molar-refractivity contribution in [1.82, 2.24) is 19.9 Å². The van der Waals surface area contributed by atoms with Crippen LogP contribution in [0.5, 0.6) is 0 Å². The topological polar surface area (TPSA) is 261 Å². The number of carbonyl (C=O) groups is 4. The zero-order valence-corrected chi connectivity index (χ0v) is 44.0. The van der Waals surface area contributed by atoms with Crippen molar-refractivity contribution in [3.63, 3.8) is 0 Å². The van der Waals surface area contributed by atoms with Crippen LogP contribution in [0.3, 0.4) is 0 Å². The van der Waals surface area contributed by atoms with Crippen LogP contribution in [-0.4, -0.2) is 94.1 Å². The number of nitrogens with one attached hydrogen (secondary N) is 4. The number of benzene rings is 4. The molecule has 376 valence electrons. The average Bonchev–Trinajstić information content (AvgIpc) is 4.12. The molecule has 4 unspecified atom stereocenters. The van der Waals surface area contributed by atoms with E-state index in [0.717, 1.165) is 92.1 Å². The SMILES string of the molecule is CC1(CC(=O)[O-])OCCc2c1[nH]c1ccccc21.CC1(CC(=O)[O-])OCCc2c1[nH]c1ccccc21.CC1(CC(=O)[O-])OCCc2c1[nH]c1ccccc21.CC1(CC(=O)[O-])OCCc2c1[nH]c1ccccc21.[Sn+4]. The first-order chi connectivity index (χ1) is 34.4. The average molecular weight is 1100 g/mol. The Morgan fingerprint density at radius 1 is 0.384 bits per heavy atom. The number of aromatic nitrogens is 4. The van der Waals surface area contributed by atoms with Crippen LogP contribution in [0, 0.1) is 0 Å². The Balaban J connectivity index is 0.000000129. The number of para-hydroxylation sites is 4. The minimum atomic E-state index is -1.09. The van der Waals surface area contributed by atoms with E-state index in [9.17, 15) is 39.6 Å². The molecule has 4 atom stereocenters. The zero-order chi connectivity index (χ0) is 51.0. The summed E-state index contributed by atoms with van der Waals surface area (Å²) >= 11 is 0. The Bertz CT molecular complexity index is 2910. The maximum Gasteiger partial charge on any atom is 4.00 e. The van der Waals surface area contributed by atoms with Crippen molar-refractivity contribution >= 4 is 91.4 Å². The molecular weight excluding hydrogens is 1040 g/mol. The molecule has 4 aromatic heterocycles. The summed E-state index contributed by atoms with van der Waals surface area (Å²) in [6.45, 7) is 9.37. The van der Waals surface area contributed by atoms with Crippen molar-refractivity contribution in [3.05, 3.63) is 142 Å². The molecule has 73 heavy (non-hydrogen) atoms. The first-order valence-electron chi connectivity index (χ1n) is 24.2. The first kappa shape index (κ1) is 52.9. The van der Waals surface area contributed by atoms with Crippen molar-refractivity contribution in [2.75, 3.05) is 26.4 Å². The number of hydrogen-bond acceptors (Lipinski definition) is 12. The number of aromatic amines is 4. The van der Waals surface area contributed by atoms with Gasteiger partial charge in [0.05, 0.1) is 49.2 Å². The molecule has 12 rings (SSSR count). The molecule has 0 saturated carbocycles. The summed E-state index contributed by atoms with van der Waals surface area (Å²) < 4.78 is 22.7. The molecular formula is C56H56N4O12Sn. The van der Waals surface area contributed by atoms with Crippen molar-refractivity contribution in [1.29, 1.82) is 0 Å². The molecule has 0 bridgehead atoms. The van der Waals surface area contributed by atoms with E-state index in [1.165, 1.54) is 22.3 Å². The number of carboxylic acid groups (broad SMARTS) is 4. The second-order valence-corrected chi connectivity index (χ2v) is 19.6. The normalized spacial score (nSPS) is 22.6. The summed E-state index contributed by atoms with van der Waals surface area (Å²) in [4.78, 5) is 56.8. The summed E-state index contributed by atoms with van der Waals surface area (Å²) in [5, 5.41) is 48.2. The monoisotopic (exact) mass is 1100 g/mol. The predicted molar refractivity (Wildman–Crippen MR) is 265 cm³/mol. The third-order valence-electron chi connectivity index (χ3n) is 14.4. The molecule has 0 spiro atoms. The number of carboxylic acids is 4. The third kappa shape index (κ3) is 10.7. The van der Waals surface area contributed by atoms with Gasteiger partial charge in [0.1, 0.15) is 22.4 Å². The van der Waals surface area contributed by atoms with Gasteiger partial charge in [-0.05, 0) is 99.9 Å². The molecule has 4 aliphatic rings. The van der Waals surface area contributed by atoms with Crippen LogP contribution in [0.1, 0.15) is 98.4 Å². The fourth-order valence-electron chi connectivity index (χ4n) is 11.1. The molecule has 17 heteroatoms. The van der Waals surface area contributed by atoms with E-state index < -0.39 is 46.3 Å². The van der Waals surface area contributed by atoms with Crippen molar-refractivity contribution in [2.24, 2.45) is 0 Å². The fourth-order valence-corrected chi connectivity index (χ4v) is 11.1. The Morgan fingerprint density at radius 3 is 0.767 bits per heavy atom. The molecule has 0 fully saturated rings. The van der Waals surface area contributed by atoms with Crippen LogP contribution in [0.15, 0.2) is 97.1 Å². The van der Waals surface area contributed by atoms with Crippen molar-refractivity contribution in [2.45, 2.75) is 101 Å². The molecule has 4 N–H and O–H groups in total. The van der Waals surface area contributed by atoms with E-state index in [2.05, 4.69) is 44.2 Å². The van der Waals surface area contributed by atoms with Gasteiger partial charge in [0.15, 0.2) is 0 Å². The number of rotatable bonds is 8. The third-order valence-corrected chi connectivity index (χ3v) is 14.4. The van der Waals surface area contributed by atoms with Gasteiger partial charge in [-0.25, -0.2) is 0 Å². The molecule has 0 radical (unpaired) electrons. The van der Waals surface area contributed by atoms with Crippen LogP contribution >= 0.6 is 0 Å². The Hall–Kier alpha value is -6.44.